The van der Waals surface area contributed by atoms with Gasteiger partial charge in [0.05, 0.1) is 16.9 Å². The van der Waals surface area contributed by atoms with Crippen molar-refractivity contribution in [3.05, 3.63) is 138 Å². The van der Waals surface area contributed by atoms with E-state index in [0.717, 1.165) is 56.8 Å². The number of imidazole rings is 2. The molecule has 0 spiro atoms. The summed E-state index contributed by atoms with van der Waals surface area (Å²) in [5, 5.41) is 2.30. The Morgan fingerprint density at radius 1 is 0.925 bits per heavy atom. The van der Waals surface area contributed by atoms with E-state index in [2.05, 4.69) is 137 Å². The van der Waals surface area contributed by atoms with Crippen LogP contribution in [-0.2, 0) is 20.1 Å². The minimum atomic E-state index is 0. The number of furan rings is 1. The summed E-state index contributed by atoms with van der Waals surface area (Å²) in [4.78, 5) is 9.26. The molecule has 0 amide bonds. The zero-order valence-electron chi connectivity index (χ0n) is 33.2. The Kier molecular flexibility index (Phi) is 14.4. The van der Waals surface area contributed by atoms with Crippen LogP contribution in [-0.4, -0.2) is 19.1 Å². The van der Waals surface area contributed by atoms with Gasteiger partial charge in [-0.25, -0.2) is 6.08 Å². The Morgan fingerprint density at radius 3 is 2.23 bits per heavy atom. The molecule has 6 aromatic rings. The van der Waals surface area contributed by atoms with Crippen LogP contribution in [0.1, 0.15) is 111 Å². The normalized spacial score (nSPS) is 12.9. The molecular weight excluding hydrogens is 829 g/mol. The molecule has 0 bridgehead atoms. The summed E-state index contributed by atoms with van der Waals surface area (Å²) in [6.45, 7) is 23.9. The van der Waals surface area contributed by atoms with Crippen molar-refractivity contribution >= 4 is 33.2 Å². The van der Waals surface area contributed by atoms with Crippen LogP contribution in [0.3, 0.4) is 0 Å². The zero-order valence-corrected chi connectivity index (χ0v) is 35.6. The van der Waals surface area contributed by atoms with Gasteiger partial charge in [0, 0.05) is 61.8 Å². The number of rotatable bonds is 10. The molecule has 0 fully saturated rings. The topological polar surface area (TPSA) is 48.8 Å². The van der Waals surface area contributed by atoms with Crippen LogP contribution >= 0.6 is 0 Å². The molecule has 0 saturated carbocycles. The monoisotopic (exact) mass is 883 g/mol. The van der Waals surface area contributed by atoms with Gasteiger partial charge in [-0.15, -0.1) is 42.0 Å². The molecule has 53 heavy (non-hydrogen) atoms. The molecule has 6 rings (SSSR count). The Balaban J connectivity index is 0.000000245. The molecule has 0 aliphatic rings. The maximum atomic E-state index is 6.42. The molecule has 0 aliphatic carbocycles. The molecule has 1 radical (unpaired) electrons. The van der Waals surface area contributed by atoms with E-state index >= 15 is 0 Å². The number of benzene rings is 3. The number of hydrogen-bond acceptors (Lipinski definition) is 3. The third-order valence-electron chi connectivity index (χ3n) is 9.62. The molecule has 0 aliphatic heterocycles. The second-order valence-electron chi connectivity index (χ2n) is 14.1. The van der Waals surface area contributed by atoms with E-state index in [4.69, 9.17) is 9.40 Å². The fourth-order valence-electron chi connectivity index (χ4n) is 6.90. The van der Waals surface area contributed by atoms with Crippen molar-refractivity contribution in [1.29, 1.82) is 0 Å². The van der Waals surface area contributed by atoms with Gasteiger partial charge in [0.15, 0.2) is 0 Å². The first-order valence-corrected chi connectivity index (χ1v) is 18.6. The number of fused-ring (bicyclic) bond motifs is 3. The van der Waals surface area contributed by atoms with Crippen LogP contribution in [0.25, 0.3) is 50.3 Å². The molecule has 6 heteroatoms. The molecule has 5 nitrogen and oxygen atoms in total. The van der Waals surface area contributed by atoms with Crippen LogP contribution in [0.4, 0.5) is 0 Å². The van der Waals surface area contributed by atoms with Crippen LogP contribution in [0.15, 0.2) is 113 Å². The average Bonchev–Trinajstić information content (AvgIpc) is 3.91. The first-order valence-electron chi connectivity index (χ1n) is 18.6. The minimum absolute atomic E-state index is 0. The molecule has 0 saturated heterocycles. The Morgan fingerprint density at radius 2 is 1.62 bits per heavy atom. The van der Waals surface area contributed by atoms with Gasteiger partial charge in [-0.1, -0.05) is 92.2 Å². The van der Waals surface area contributed by atoms with Gasteiger partial charge in [-0.3, -0.25) is 4.98 Å². The average molecular weight is 883 g/mol. The second-order valence-corrected chi connectivity index (χ2v) is 14.1. The molecule has 3 heterocycles. The van der Waals surface area contributed by atoms with Crippen molar-refractivity contribution in [3.8, 4) is 17.1 Å². The summed E-state index contributed by atoms with van der Waals surface area (Å²) in [6, 6.07) is 22.0. The molecular formula is C47H54IrN4O-2. The van der Waals surface area contributed by atoms with Crippen molar-refractivity contribution < 1.29 is 24.5 Å². The van der Waals surface area contributed by atoms with Crippen LogP contribution in [0.2, 0.25) is 0 Å². The SMILES string of the molecule is CC(C)c1cc(C(C)C)c2oc3ccccc3c2c1-n1ccnc1-c1[c-]cccc1.C[C-]=C(/C=C\C)c1nccn1C(/C(=C\C)C(C)C)=C(/C)CC.[Ir]. The molecule has 0 atom stereocenters. The molecule has 279 valence electrons. The smallest absolute Gasteiger partial charge is 0.140 e. The summed E-state index contributed by atoms with van der Waals surface area (Å²) in [7, 11) is 0. The first-order chi connectivity index (χ1) is 25.1. The van der Waals surface area contributed by atoms with Crippen molar-refractivity contribution in [3.63, 3.8) is 0 Å². The first kappa shape index (κ1) is 41.2. The van der Waals surface area contributed by atoms with Gasteiger partial charge >= 0.3 is 0 Å². The van der Waals surface area contributed by atoms with Crippen molar-refractivity contribution in [2.75, 3.05) is 0 Å². The Hall–Kier alpha value is -4.51. The van der Waals surface area contributed by atoms with Gasteiger partial charge in [-0.05, 0) is 66.9 Å². The molecule has 0 N–H and O–H groups in total. The van der Waals surface area contributed by atoms with Gasteiger partial charge in [0.2, 0.25) is 0 Å². The van der Waals surface area contributed by atoms with E-state index in [-0.39, 0.29) is 20.1 Å². The number of para-hydroxylation sites is 1. The van der Waals surface area contributed by atoms with E-state index in [1.54, 1.807) is 0 Å². The predicted molar refractivity (Wildman–Crippen MR) is 220 cm³/mol. The Bertz CT molecular complexity index is 2250. The van der Waals surface area contributed by atoms with E-state index in [1.807, 2.05) is 62.8 Å². The standard InChI is InChI=1S/C27H25N2O.C20H29N2.Ir/c1-17(2)21-16-22(18(3)4)26-24(20-12-8-9-13-23(20)30-26)25(21)29-15-14-28-27(29)19-10-6-5-7-11-19;1-8-12-17(10-3)20-21-13-14-22(20)19(16(7)9-2)18(11-4)15(5)6;/h5-10,12-18H,1-4H3;8,11-15H,9H2,1-7H3;/q2*-1;/b;12-8-,18-11-,19-16-;. The summed E-state index contributed by atoms with van der Waals surface area (Å²) >= 11 is 0. The number of aromatic nitrogens is 4. The van der Waals surface area contributed by atoms with Gasteiger partial charge in [0.25, 0.3) is 0 Å². The third kappa shape index (κ3) is 8.51. The number of hydrogen-bond donors (Lipinski definition) is 0. The summed E-state index contributed by atoms with van der Waals surface area (Å²) < 4.78 is 10.8. The second kappa shape index (κ2) is 18.5. The maximum absolute atomic E-state index is 6.42. The van der Waals surface area contributed by atoms with Crippen molar-refractivity contribution in [1.82, 2.24) is 19.1 Å². The Labute approximate surface area is 330 Å². The summed E-state index contributed by atoms with van der Waals surface area (Å²) in [5.41, 5.74) is 11.6. The quantitative estimate of drug-likeness (QED) is 0.102. The number of nitrogens with zero attached hydrogens (tertiary/aromatic N) is 4. The predicted octanol–water partition coefficient (Wildman–Crippen LogP) is 13.4. The summed E-state index contributed by atoms with van der Waals surface area (Å²) in [5.74, 6) is 3.02. The van der Waals surface area contributed by atoms with Crippen molar-refractivity contribution in [2.45, 2.75) is 94.4 Å². The molecule has 0 unspecified atom stereocenters. The third-order valence-corrected chi connectivity index (χ3v) is 9.62. The van der Waals surface area contributed by atoms with Crippen LogP contribution in [0.5, 0.6) is 0 Å². The van der Waals surface area contributed by atoms with E-state index in [9.17, 15) is 0 Å². The fourth-order valence-corrected chi connectivity index (χ4v) is 6.90. The zero-order chi connectivity index (χ0) is 37.5. The van der Waals surface area contributed by atoms with Crippen molar-refractivity contribution in [2.24, 2.45) is 5.92 Å². The fraction of sp³-hybridized carbons (Fsp3) is 0.319. The summed E-state index contributed by atoms with van der Waals surface area (Å²) in [6.07, 6.45) is 18.4. The van der Waals surface area contributed by atoms with Gasteiger partial charge in [-0.2, -0.15) is 11.6 Å². The van der Waals surface area contributed by atoms with E-state index in [0.29, 0.717) is 17.8 Å². The van der Waals surface area contributed by atoms with Gasteiger partial charge < -0.3 is 18.5 Å². The number of allylic oxidation sites excluding steroid dienone is 8. The largest absolute Gasteiger partial charge is 0.456 e. The maximum Gasteiger partial charge on any atom is 0.140 e. The van der Waals surface area contributed by atoms with Crippen LogP contribution in [0, 0.1) is 18.1 Å². The minimum Gasteiger partial charge on any atom is -0.456 e. The molecule has 3 aromatic heterocycles. The van der Waals surface area contributed by atoms with E-state index in [1.165, 1.54) is 28.0 Å². The van der Waals surface area contributed by atoms with Crippen LogP contribution < -0.4 is 0 Å². The van der Waals surface area contributed by atoms with Gasteiger partial charge in [0.1, 0.15) is 11.2 Å². The molecule has 3 aromatic carbocycles. The van der Waals surface area contributed by atoms with E-state index < -0.39 is 0 Å².